The number of carbonyl (C=O) groups is 1. The molecule has 0 aromatic heterocycles. The molecule has 2 atom stereocenters. The molecular formula is C17H19F4NO5S. The second-order valence-corrected chi connectivity index (χ2v) is 8.90. The van der Waals surface area contributed by atoms with Crippen molar-refractivity contribution in [3.8, 4) is 0 Å². The molecule has 0 bridgehead atoms. The Labute approximate surface area is 158 Å². The van der Waals surface area contributed by atoms with E-state index in [-0.39, 0.29) is 19.1 Å². The number of carboxylic acid groups (broad SMARTS) is 1. The molecule has 28 heavy (non-hydrogen) atoms. The Morgan fingerprint density at radius 1 is 1.32 bits per heavy atom. The number of carboxylic acids is 1. The van der Waals surface area contributed by atoms with Crippen molar-refractivity contribution in [2.75, 3.05) is 6.61 Å². The van der Waals surface area contributed by atoms with E-state index in [1.165, 1.54) is 0 Å². The van der Waals surface area contributed by atoms with Crippen LogP contribution in [-0.2, 0) is 25.7 Å². The second kappa shape index (κ2) is 7.27. The number of rotatable bonds is 5. The Morgan fingerprint density at radius 3 is 2.54 bits per heavy atom. The second-order valence-electron chi connectivity index (χ2n) is 7.22. The molecule has 1 heterocycles. The minimum atomic E-state index is -4.87. The Morgan fingerprint density at radius 2 is 2.00 bits per heavy atom. The Bertz CT molecular complexity index is 867. The summed E-state index contributed by atoms with van der Waals surface area (Å²) >= 11 is 0. The van der Waals surface area contributed by atoms with Gasteiger partial charge in [0.15, 0.2) is 0 Å². The van der Waals surface area contributed by atoms with Crippen LogP contribution in [0.4, 0.5) is 17.6 Å². The molecule has 0 radical (unpaired) electrons. The molecule has 1 aliphatic heterocycles. The predicted octanol–water partition coefficient (Wildman–Crippen LogP) is 2.93. The first-order valence-corrected chi connectivity index (χ1v) is 10.2. The standard InChI is InChI=1S/C17H19F4NO5S/c18-12-3-2-11(17(19,20)21)8-13(12)28(25,26)22-14(15(23)24)10-4-7-27-16(9-10)5-1-6-16/h2-3,8,10,14,22H,1,4-7,9H2,(H,23,24). The quantitative estimate of drug-likeness (QED) is 0.708. The third-order valence-corrected chi connectivity index (χ3v) is 6.82. The SMILES string of the molecule is O=C(O)C(NS(=O)(=O)c1cc(C(F)(F)F)ccc1F)C1CCOC2(CCC2)C1. The largest absolute Gasteiger partial charge is 0.480 e. The number of ether oxygens (including phenoxy) is 1. The minimum Gasteiger partial charge on any atom is -0.480 e. The molecule has 1 saturated carbocycles. The molecule has 2 unspecified atom stereocenters. The molecular weight excluding hydrogens is 406 g/mol. The Hall–Kier alpha value is -1.72. The molecule has 1 saturated heterocycles. The van der Waals surface area contributed by atoms with Crippen LogP contribution in [0, 0.1) is 11.7 Å². The minimum absolute atomic E-state index is 0.161. The summed E-state index contributed by atoms with van der Waals surface area (Å²) in [6, 6.07) is -0.624. The molecule has 6 nitrogen and oxygen atoms in total. The van der Waals surface area contributed by atoms with Gasteiger partial charge in [0.1, 0.15) is 16.8 Å². The number of benzene rings is 1. The van der Waals surface area contributed by atoms with E-state index in [4.69, 9.17) is 4.74 Å². The van der Waals surface area contributed by atoms with Gasteiger partial charge < -0.3 is 9.84 Å². The number of aliphatic carboxylic acids is 1. The summed E-state index contributed by atoms with van der Waals surface area (Å²) in [5.74, 6) is -3.49. The molecule has 1 aromatic rings. The number of sulfonamides is 1. The van der Waals surface area contributed by atoms with Crippen LogP contribution in [0.15, 0.2) is 23.1 Å². The lowest BCUT2D eigenvalue weighted by Crippen LogP contribution is -2.53. The van der Waals surface area contributed by atoms with Crippen molar-refractivity contribution in [2.45, 2.75) is 54.8 Å². The van der Waals surface area contributed by atoms with Crippen molar-refractivity contribution in [3.63, 3.8) is 0 Å². The van der Waals surface area contributed by atoms with Crippen molar-refractivity contribution in [2.24, 2.45) is 5.92 Å². The highest BCUT2D eigenvalue weighted by atomic mass is 32.2. The molecule has 2 N–H and O–H groups in total. The number of alkyl halides is 3. The zero-order valence-electron chi connectivity index (χ0n) is 14.6. The van der Waals surface area contributed by atoms with E-state index in [0.29, 0.717) is 18.6 Å². The topological polar surface area (TPSA) is 92.7 Å². The highest BCUT2D eigenvalue weighted by Crippen LogP contribution is 2.45. The number of hydrogen-bond acceptors (Lipinski definition) is 4. The number of nitrogens with one attached hydrogen (secondary N) is 1. The summed E-state index contributed by atoms with van der Waals surface area (Å²) in [5, 5.41) is 9.51. The molecule has 11 heteroatoms. The molecule has 3 rings (SSSR count). The van der Waals surface area contributed by atoms with Gasteiger partial charge in [-0.25, -0.2) is 12.8 Å². The monoisotopic (exact) mass is 425 g/mol. The van der Waals surface area contributed by atoms with Crippen molar-refractivity contribution >= 4 is 16.0 Å². The smallest absolute Gasteiger partial charge is 0.416 e. The zero-order chi connectivity index (χ0) is 20.7. The fraction of sp³-hybridized carbons (Fsp3) is 0.588. The van der Waals surface area contributed by atoms with Gasteiger partial charge in [0.2, 0.25) is 10.0 Å². The van der Waals surface area contributed by atoms with Crippen molar-refractivity contribution < 1.29 is 40.6 Å². The lowest BCUT2D eigenvalue weighted by atomic mass is 9.70. The van der Waals surface area contributed by atoms with Crippen molar-refractivity contribution in [1.29, 1.82) is 0 Å². The van der Waals surface area contributed by atoms with Crippen LogP contribution in [-0.4, -0.2) is 37.7 Å². The van der Waals surface area contributed by atoms with Gasteiger partial charge in [-0.15, -0.1) is 0 Å². The maximum Gasteiger partial charge on any atom is 0.416 e. The summed E-state index contributed by atoms with van der Waals surface area (Å²) < 4.78 is 85.2. The van der Waals surface area contributed by atoms with Gasteiger partial charge in [0.05, 0.1) is 11.2 Å². The van der Waals surface area contributed by atoms with Crippen LogP contribution in [0.3, 0.4) is 0 Å². The van der Waals surface area contributed by atoms with E-state index in [2.05, 4.69) is 0 Å². The van der Waals surface area contributed by atoms with E-state index in [1.54, 1.807) is 0 Å². The van der Waals surface area contributed by atoms with Gasteiger partial charge in [-0.05, 0) is 56.2 Å². The van der Waals surface area contributed by atoms with Crippen LogP contribution in [0.1, 0.15) is 37.7 Å². The van der Waals surface area contributed by atoms with Gasteiger partial charge in [-0.2, -0.15) is 17.9 Å². The Kier molecular flexibility index (Phi) is 5.45. The summed E-state index contributed by atoms with van der Waals surface area (Å²) in [5.41, 5.74) is -1.82. The molecule has 1 aromatic carbocycles. The number of hydrogen-bond donors (Lipinski definition) is 2. The maximum absolute atomic E-state index is 14.0. The third-order valence-electron chi connectivity index (χ3n) is 5.36. The summed E-state index contributed by atoms with van der Waals surface area (Å²) in [7, 11) is -4.84. The first-order valence-electron chi connectivity index (χ1n) is 8.69. The fourth-order valence-electron chi connectivity index (χ4n) is 3.73. The normalized spacial score (nSPS) is 23.2. The lowest BCUT2D eigenvalue weighted by Gasteiger charge is -2.48. The maximum atomic E-state index is 14.0. The van der Waals surface area contributed by atoms with Crippen LogP contribution < -0.4 is 4.72 Å². The molecule has 156 valence electrons. The summed E-state index contributed by atoms with van der Waals surface area (Å²) in [6.45, 7) is 0.258. The molecule has 1 spiro atoms. The van der Waals surface area contributed by atoms with E-state index in [9.17, 15) is 35.9 Å². The molecule has 2 aliphatic rings. The molecule has 0 amide bonds. The zero-order valence-corrected chi connectivity index (χ0v) is 15.4. The van der Waals surface area contributed by atoms with Crippen LogP contribution >= 0.6 is 0 Å². The summed E-state index contributed by atoms with van der Waals surface area (Å²) in [4.78, 5) is 10.5. The van der Waals surface area contributed by atoms with Gasteiger partial charge in [0, 0.05) is 6.61 Å². The summed E-state index contributed by atoms with van der Waals surface area (Å²) in [6.07, 6.45) is -1.88. The highest BCUT2D eigenvalue weighted by Gasteiger charge is 2.46. The lowest BCUT2D eigenvalue weighted by molar-refractivity contribution is -0.157. The Balaban J connectivity index is 1.88. The highest BCUT2D eigenvalue weighted by molar-refractivity contribution is 7.89. The van der Waals surface area contributed by atoms with E-state index < -0.39 is 56.0 Å². The van der Waals surface area contributed by atoms with Crippen LogP contribution in [0.2, 0.25) is 0 Å². The fourth-order valence-corrected chi connectivity index (χ4v) is 5.10. The van der Waals surface area contributed by atoms with E-state index in [1.807, 2.05) is 4.72 Å². The van der Waals surface area contributed by atoms with Crippen molar-refractivity contribution in [1.82, 2.24) is 4.72 Å². The average Bonchev–Trinajstić information content (AvgIpc) is 2.57. The number of halogens is 4. The first kappa shape index (κ1) is 21.0. The first-order chi connectivity index (χ1) is 12.9. The molecule has 2 fully saturated rings. The van der Waals surface area contributed by atoms with E-state index >= 15 is 0 Å². The van der Waals surface area contributed by atoms with Gasteiger partial charge in [-0.1, -0.05) is 0 Å². The third kappa shape index (κ3) is 4.15. The van der Waals surface area contributed by atoms with Gasteiger partial charge in [0.25, 0.3) is 0 Å². The van der Waals surface area contributed by atoms with Gasteiger partial charge in [-0.3, -0.25) is 4.79 Å². The average molecular weight is 425 g/mol. The van der Waals surface area contributed by atoms with E-state index in [0.717, 1.165) is 19.3 Å². The molecule has 1 aliphatic carbocycles. The van der Waals surface area contributed by atoms with Crippen LogP contribution in [0.25, 0.3) is 0 Å². The predicted molar refractivity (Wildman–Crippen MR) is 88.4 cm³/mol. The van der Waals surface area contributed by atoms with Crippen molar-refractivity contribution in [3.05, 3.63) is 29.6 Å². The van der Waals surface area contributed by atoms with Gasteiger partial charge >= 0.3 is 12.1 Å². The van der Waals surface area contributed by atoms with Crippen LogP contribution in [0.5, 0.6) is 0 Å².